The highest BCUT2D eigenvalue weighted by Gasteiger charge is 2.48. The second-order valence-electron chi connectivity index (χ2n) is 6.14. The van der Waals surface area contributed by atoms with E-state index >= 15 is 0 Å². The molecule has 4 atom stereocenters. The van der Waals surface area contributed by atoms with E-state index in [1.54, 1.807) is 6.20 Å². The highest BCUT2D eigenvalue weighted by molar-refractivity contribution is 5.87. The molecule has 0 amide bonds. The van der Waals surface area contributed by atoms with Crippen LogP contribution in [0.5, 0.6) is 0 Å². The van der Waals surface area contributed by atoms with E-state index in [1.807, 2.05) is 23.9 Å². The minimum atomic E-state index is -1.05. The molecule has 1 aliphatic heterocycles. The lowest BCUT2D eigenvalue weighted by Crippen LogP contribution is -2.43. The molecular weight excluding hydrogens is 300 g/mol. The maximum atomic E-state index is 10.5. The Morgan fingerprint density at radius 3 is 2.70 bits per heavy atom. The van der Waals surface area contributed by atoms with Gasteiger partial charge in [0.15, 0.2) is 5.82 Å². The van der Waals surface area contributed by atoms with Gasteiger partial charge in [-0.25, -0.2) is 9.97 Å². The fourth-order valence-corrected chi connectivity index (χ4v) is 3.31. The zero-order chi connectivity index (χ0) is 16.7. The number of aromatic amines is 1. The van der Waals surface area contributed by atoms with Crippen molar-refractivity contribution in [3.63, 3.8) is 0 Å². The number of nitrogens with zero attached hydrogens (tertiary/aromatic N) is 4. The summed E-state index contributed by atoms with van der Waals surface area (Å²) in [5, 5.41) is 30.5. The average molecular weight is 322 g/mol. The van der Waals surface area contributed by atoms with Crippen molar-refractivity contribution < 1.29 is 15.3 Å². The summed E-state index contributed by atoms with van der Waals surface area (Å²) in [6, 6.07) is -1.06. The Morgan fingerprint density at radius 1 is 1.30 bits per heavy atom. The van der Waals surface area contributed by atoms with Gasteiger partial charge < -0.3 is 26.0 Å². The van der Waals surface area contributed by atoms with E-state index in [0.717, 1.165) is 5.56 Å². The Kier molecular flexibility index (Phi) is 4.21. The van der Waals surface area contributed by atoms with Crippen LogP contribution in [0.1, 0.15) is 11.6 Å². The first-order valence-electron chi connectivity index (χ1n) is 7.40. The molecule has 23 heavy (non-hydrogen) atoms. The first-order valence-corrected chi connectivity index (χ1v) is 7.40. The lowest BCUT2D eigenvalue weighted by atomic mass is 10.0. The summed E-state index contributed by atoms with van der Waals surface area (Å²) in [5.41, 5.74) is 7.77. The predicted molar refractivity (Wildman–Crippen MR) is 84.3 cm³/mol. The summed E-state index contributed by atoms with van der Waals surface area (Å²) >= 11 is 0. The highest BCUT2D eigenvalue weighted by Crippen LogP contribution is 2.39. The fraction of sp³-hybridized carbons (Fsp3) is 0.571. The summed E-state index contributed by atoms with van der Waals surface area (Å²) in [7, 11) is 3.77. The Balaban J connectivity index is 2.08. The van der Waals surface area contributed by atoms with Crippen molar-refractivity contribution in [1.82, 2.24) is 24.8 Å². The van der Waals surface area contributed by atoms with E-state index in [2.05, 4.69) is 15.0 Å². The molecule has 9 heteroatoms. The van der Waals surface area contributed by atoms with E-state index in [-0.39, 0.29) is 6.61 Å². The molecular formula is C14H22N6O3. The zero-order valence-corrected chi connectivity index (χ0v) is 13.1. The largest absolute Gasteiger partial charge is 0.395 e. The molecule has 126 valence electrons. The molecule has 4 unspecified atom stereocenters. The first-order chi connectivity index (χ1) is 11.0. The standard InChI is InChI=1S/C14H22N6O3/c1-19(2)6-20-8(4-21)12(22)13(23)11(20)7-3-16-10-9(7)17-5-18-14(10)15/h3,5,8,11-13,16,21-23H,4,6H2,1-2H3,(H2,15,17,18). The van der Waals surface area contributed by atoms with Gasteiger partial charge in [0.25, 0.3) is 0 Å². The van der Waals surface area contributed by atoms with Crippen LogP contribution in [0.2, 0.25) is 0 Å². The lowest BCUT2D eigenvalue weighted by molar-refractivity contribution is 0.0163. The van der Waals surface area contributed by atoms with Crippen LogP contribution in [-0.2, 0) is 0 Å². The molecule has 0 aromatic carbocycles. The number of likely N-dealkylation sites (tertiary alicyclic amines) is 1. The van der Waals surface area contributed by atoms with E-state index in [4.69, 9.17) is 5.73 Å². The number of nitrogens with two attached hydrogens (primary N) is 1. The van der Waals surface area contributed by atoms with Gasteiger partial charge in [-0.05, 0) is 14.1 Å². The number of hydrogen-bond acceptors (Lipinski definition) is 8. The fourth-order valence-electron chi connectivity index (χ4n) is 3.31. The van der Waals surface area contributed by atoms with Gasteiger partial charge in [0.1, 0.15) is 17.9 Å². The number of aliphatic hydroxyl groups excluding tert-OH is 3. The molecule has 0 bridgehead atoms. The monoisotopic (exact) mass is 322 g/mol. The average Bonchev–Trinajstić information content (AvgIpc) is 3.01. The van der Waals surface area contributed by atoms with Gasteiger partial charge in [-0.3, -0.25) is 9.80 Å². The summed E-state index contributed by atoms with van der Waals surface area (Å²) < 4.78 is 0. The van der Waals surface area contributed by atoms with Gasteiger partial charge >= 0.3 is 0 Å². The van der Waals surface area contributed by atoms with Crippen molar-refractivity contribution in [3.05, 3.63) is 18.1 Å². The van der Waals surface area contributed by atoms with E-state index in [9.17, 15) is 15.3 Å². The van der Waals surface area contributed by atoms with E-state index < -0.39 is 24.3 Å². The third-order valence-corrected chi connectivity index (χ3v) is 4.32. The first kappa shape index (κ1) is 16.1. The molecule has 1 saturated heterocycles. The van der Waals surface area contributed by atoms with Crippen LogP contribution in [0.3, 0.4) is 0 Å². The number of fused-ring (bicyclic) bond motifs is 1. The summed E-state index contributed by atoms with van der Waals surface area (Å²) in [6.07, 6.45) is 1.00. The van der Waals surface area contributed by atoms with E-state index in [1.165, 1.54) is 6.33 Å². The van der Waals surface area contributed by atoms with Crippen LogP contribution in [0.15, 0.2) is 12.5 Å². The minimum Gasteiger partial charge on any atom is -0.395 e. The van der Waals surface area contributed by atoms with Crippen LogP contribution in [-0.4, -0.2) is 85.7 Å². The van der Waals surface area contributed by atoms with E-state index in [0.29, 0.717) is 23.5 Å². The van der Waals surface area contributed by atoms with Gasteiger partial charge in [-0.15, -0.1) is 0 Å². The summed E-state index contributed by atoms with van der Waals surface area (Å²) in [6.45, 7) is 0.222. The number of H-pyrrole nitrogens is 1. The molecule has 1 fully saturated rings. The Bertz CT molecular complexity index is 690. The number of nitrogens with one attached hydrogen (secondary N) is 1. The minimum absolute atomic E-state index is 0.248. The molecule has 3 heterocycles. The Morgan fingerprint density at radius 2 is 2.04 bits per heavy atom. The van der Waals surface area contributed by atoms with Crippen LogP contribution < -0.4 is 5.73 Å². The maximum absolute atomic E-state index is 10.5. The van der Waals surface area contributed by atoms with Crippen molar-refractivity contribution in [2.45, 2.75) is 24.3 Å². The maximum Gasteiger partial charge on any atom is 0.151 e. The molecule has 2 aromatic heterocycles. The number of rotatable bonds is 4. The summed E-state index contributed by atoms with van der Waals surface area (Å²) in [5.74, 6) is 0.326. The van der Waals surface area contributed by atoms with Crippen molar-refractivity contribution >= 4 is 16.9 Å². The van der Waals surface area contributed by atoms with Crippen LogP contribution in [0.4, 0.5) is 5.82 Å². The smallest absolute Gasteiger partial charge is 0.151 e. The van der Waals surface area contributed by atoms with Crippen molar-refractivity contribution in [2.75, 3.05) is 33.1 Å². The molecule has 6 N–H and O–H groups in total. The molecule has 3 rings (SSSR count). The number of anilines is 1. The molecule has 0 spiro atoms. The van der Waals surface area contributed by atoms with Gasteiger partial charge in [-0.2, -0.15) is 0 Å². The number of hydrogen-bond donors (Lipinski definition) is 5. The van der Waals surface area contributed by atoms with Crippen LogP contribution >= 0.6 is 0 Å². The zero-order valence-electron chi connectivity index (χ0n) is 13.1. The van der Waals surface area contributed by atoms with Crippen LogP contribution in [0, 0.1) is 0 Å². The lowest BCUT2D eigenvalue weighted by Gasteiger charge is -2.31. The van der Waals surface area contributed by atoms with Gasteiger partial charge in [-0.1, -0.05) is 0 Å². The molecule has 0 saturated carbocycles. The predicted octanol–water partition coefficient (Wildman–Crippen LogP) is -1.50. The third-order valence-electron chi connectivity index (χ3n) is 4.32. The Hall–Kier alpha value is -1.78. The highest BCUT2D eigenvalue weighted by atomic mass is 16.3. The second-order valence-corrected chi connectivity index (χ2v) is 6.14. The molecule has 1 aliphatic rings. The number of aromatic nitrogens is 3. The quantitative estimate of drug-likeness (QED) is 0.459. The van der Waals surface area contributed by atoms with Gasteiger partial charge in [0.05, 0.1) is 37.0 Å². The van der Waals surface area contributed by atoms with Crippen LogP contribution in [0.25, 0.3) is 11.0 Å². The topological polar surface area (TPSA) is 135 Å². The molecule has 9 nitrogen and oxygen atoms in total. The van der Waals surface area contributed by atoms with Crippen molar-refractivity contribution in [2.24, 2.45) is 0 Å². The van der Waals surface area contributed by atoms with Crippen molar-refractivity contribution in [1.29, 1.82) is 0 Å². The number of aliphatic hydroxyl groups is 3. The van der Waals surface area contributed by atoms with Crippen molar-refractivity contribution in [3.8, 4) is 0 Å². The molecule has 0 radical (unpaired) electrons. The Labute approximate surface area is 133 Å². The SMILES string of the molecule is CN(C)CN1C(CO)C(O)C(O)C1c1c[nH]c2c(N)ncnc12. The van der Waals surface area contributed by atoms with Gasteiger partial charge in [0, 0.05) is 11.8 Å². The normalized spacial score (nSPS) is 29.0. The second kappa shape index (κ2) is 6.02. The summed E-state index contributed by atoms with van der Waals surface area (Å²) in [4.78, 5) is 15.0. The third kappa shape index (κ3) is 2.56. The number of nitrogen functional groups attached to an aromatic ring is 1. The molecule has 2 aromatic rings. The molecule has 0 aliphatic carbocycles. The van der Waals surface area contributed by atoms with Gasteiger partial charge in [0.2, 0.25) is 0 Å².